The van der Waals surface area contributed by atoms with Crippen LogP contribution < -0.4 is 4.74 Å². The van der Waals surface area contributed by atoms with Gasteiger partial charge in [-0.1, -0.05) is 73.9 Å². The summed E-state index contributed by atoms with van der Waals surface area (Å²) in [6, 6.07) is 5.08. The van der Waals surface area contributed by atoms with Crippen molar-refractivity contribution in [3.05, 3.63) is 29.6 Å². The molecule has 1 unspecified atom stereocenters. The molecular weight excluding hydrogens is 319 g/mol. The van der Waals surface area contributed by atoms with Crippen LogP contribution in [0.1, 0.15) is 68.7 Å². The van der Waals surface area contributed by atoms with Crippen molar-refractivity contribution in [3.63, 3.8) is 0 Å². The highest BCUT2D eigenvalue weighted by atomic mass is 79.9. The quantitative estimate of drug-likeness (QED) is 0.352. The molecule has 0 aliphatic rings. The molecule has 1 nitrogen and oxygen atoms in total. The van der Waals surface area contributed by atoms with E-state index < -0.39 is 0 Å². The lowest BCUT2D eigenvalue weighted by Gasteiger charge is -2.12. The second-order valence-electron chi connectivity index (χ2n) is 5.26. The summed E-state index contributed by atoms with van der Waals surface area (Å²) in [4.78, 5) is 0.101. The van der Waals surface area contributed by atoms with Gasteiger partial charge in [-0.15, -0.1) is 0 Å². The fraction of sp³-hybridized carbons (Fsp3) is 0.647. The maximum absolute atomic E-state index is 13.9. The Hall–Kier alpha value is -0.570. The molecule has 0 aliphatic carbocycles. The molecule has 0 aromatic heterocycles. The summed E-state index contributed by atoms with van der Waals surface area (Å²) in [7, 11) is 1.55. The van der Waals surface area contributed by atoms with Gasteiger partial charge in [-0.25, -0.2) is 4.39 Å². The Labute approximate surface area is 131 Å². The van der Waals surface area contributed by atoms with E-state index in [2.05, 4.69) is 22.9 Å². The highest BCUT2D eigenvalue weighted by Crippen LogP contribution is 2.32. The van der Waals surface area contributed by atoms with Crippen LogP contribution in [0.5, 0.6) is 5.75 Å². The van der Waals surface area contributed by atoms with Gasteiger partial charge in [0.15, 0.2) is 0 Å². The molecule has 114 valence electrons. The predicted molar refractivity (Wildman–Crippen MR) is 87.2 cm³/mol. The topological polar surface area (TPSA) is 9.23 Å². The molecule has 0 N–H and O–H groups in total. The van der Waals surface area contributed by atoms with Crippen molar-refractivity contribution in [2.45, 2.75) is 63.1 Å². The summed E-state index contributed by atoms with van der Waals surface area (Å²) in [5.41, 5.74) is 0.733. The number of benzene rings is 1. The second kappa shape index (κ2) is 10.2. The Morgan fingerprint density at radius 2 is 1.75 bits per heavy atom. The molecule has 0 saturated carbocycles. The predicted octanol–water partition coefficient (Wildman–Crippen LogP) is 6.41. The van der Waals surface area contributed by atoms with Gasteiger partial charge in [0.2, 0.25) is 0 Å². The Kier molecular flexibility index (Phi) is 8.92. The molecule has 1 aromatic rings. The molecule has 0 bridgehead atoms. The van der Waals surface area contributed by atoms with Crippen molar-refractivity contribution in [2.75, 3.05) is 7.11 Å². The lowest BCUT2D eigenvalue weighted by atomic mass is 10.0. The molecule has 0 aliphatic heterocycles. The van der Waals surface area contributed by atoms with E-state index in [-0.39, 0.29) is 10.6 Å². The zero-order valence-electron chi connectivity index (χ0n) is 12.6. The van der Waals surface area contributed by atoms with Crippen LogP contribution >= 0.6 is 15.9 Å². The van der Waals surface area contributed by atoms with Gasteiger partial charge in [-0.3, -0.25) is 0 Å². The van der Waals surface area contributed by atoms with Crippen molar-refractivity contribution in [1.82, 2.24) is 0 Å². The Balaban J connectivity index is 2.27. The van der Waals surface area contributed by atoms with Crippen molar-refractivity contribution >= 4 is 15.9 Å². The SMILES string of the molecule is CCCCCCCCCC(Br)c1ccc(OC)cc1F. The van der Waals surface area contributed by atoms with Crippen molar-refractivity contribution < 1.29 is 9.13 Å². The summed E-state index contributed by atoms with van der Waals surface area (Å²) >= 11 is 3.60. The van der Waals surface area contributed by atoms with Crippen molar-refractivity contribution in [3.8, 4) is 5.75 Å². The first-order valence-corrected chi connectivity index (χ1v) is 8.58. The van der Waals surface area contributed by atoms with Gasteiger partial charge >= 0.3 is 0 Å². The van der Waals surface area contributed by atoms with Gasteiger partial charge in [0.25, 0.3) is 0 Å². The number of hydrogen-bond acceptors (Lipinski definition) is 1. The average Bonchev–Trinajstić information content (AvgIpc) is 2.45. The van der Waals surface area contributed by atoms with Gasteiger partial charge in [0, 0.05) is 16.5 Å². The average molecular weight is 345 g/mol. The van der Waals surface area contributed by atoms with Crippen LogP contribution in [0.25, 0.3) is 0 Å². The minimum Gasteiger partial charge on any atom is -0.497 e. The monoisotopic (exact) mass is 344 g/mol. The molecule has 1 rings (SSSR count). The smallest absolute Gasteiger partial charge is 0.131 e. The number of methoxy groups -OCH3 is 1. The van der Waals surface area contributed by atoms with Gasteiger partial charge in [0.1, 0.15) is 11.6 Å². The molecule has 1 aromatic carbocycles. The van der Waals surface area contributed by atoms with Crippen molar-refractivity contribution in [2.24, 2.45) is 0 Å². The molecule has 0 radical (unpaired) electrons. The van der Waals surface area contributed by atoms with Gasteiger partial charge < -0.3 is 4.74 Å². The van der Waals surface area contributed by atoms with Gasteiger partial charge in [0.05, 0.1) is 7.11 Å². The third kappa shape index (κ3) is 6.25. The van der Waals surface area contributed by atoms with Crippen LogP contribution in [0.4, 0.5) is 4.39 Å². The molecule has 0 amide bonds. The number of hydrogen-bond donors (Lipinski definition) is 0. The summed E-state index contributed by atoms with van der Waals surface area (Å²) in [5, 5.41) is 0. The van der Waals surface area contributed by atoms with Crippen LogP contribution in [0.3, 0.4) is 0 Å². The highest BCUT2D eigenvalue weighted by molar-refractivity contribution is 9.09. The molecule has 3 heteroatoms. The largest absolute Gasteiger partial charge is 0.497 e. The Bertz CT molecular complexity index is 381. The molecule has 0 saturated heterocycles. The number of unbranched alkanes of at least 4 members (excludes halogenated alkanes) is 6. The molecule has 0 fully saturated rings. The van der Waals surface area contributed by atoms with E-state index in [0.29, 0.717) is 5.75 Å². The maximum Gasteiger partial charge on any atom is 0.131 e. The van der Waals surface area contributed by atoms with Crippen molar-refractivity contribution in [1.29, 1.82) is 0 Å². The maximum atomic E-state index is 13.9. The Morgan fingerprint density at radius 1 is 1.10 bits per heavy atom. The molecular formula is C17H26BrFO. The number of alkyl halides is 1. The minimum absolute atomic E-state index is 0.101. The second-order valence-corrected chi connectivity index (χ2v) is 6.37. The van der Waals surface area contributed by atoms with E-state index in [1.54, 1.807) is 7.11 Å². The third-order valence-corrected chi connectivity index (χ3v) is 4.56. The van der Waals surface area contributed by atoms with Gasteiger partial charge in [-0.2, -0.15) is 0 Å². The number of halogens is 2. The number of rotatable bonds is 10. The van der Waals surface area contributed by atoms with Crippen LogP contribution in [0.2, 0.25) is 0 Å². The first kappa shape index (κ1) is 17.5. The molecule has 0 spiro atoms. The lowest BCUT2D eigenvalue weighted by molar-refractivity contribution is 0.410. The summed E-state index contributed by atoms with van der Waals surface area (Å²) in [6.07, 6.45) is 9.98. The van der Waals surface area contributed by atoms with Gasteiger partial charge in [-0.05, 0) is 12.5 Å². The normalized spacial score (nSPS) is 12.4. The number of ether oxygens (including phenoxy) is 1. The first-order valence-electron chi connectivity index (χ1n) is 7.66. The fourth-order valence-corrected chi connectivity index (χ4v) is 3.02. The Morgan fingerprint density at radius 3 is 2.35 bits per heavy atom. The minimum atomic E-state index is -0.186. The summed E-state index contributed by atoms with van der Waals surface area (Å²) < 4.78 is 18.9. The molecule has 1 atom stereocenters. The lowest BCUT2D eigenvalue weighted by Crippen LogP contribution is -1.96. The fourth-order valence-electron chi connectivity index (χ4n) is 2.33. The highest BCUT2D eigenvalue weighted by Gasteiger charge is 2.13. The zero-order valence-corrected chi connectivity index (χ0v) is 14.2. The van der Waals surface area contributed by atoms with E-state index in [4.69, 9.17) is 4.74 Å². The summed E-state index contributed by atoms with van der Waals surface area (Å²) in [5.74, 6) is 0.385. The first-order chi connectivity index (χ1) is 9.69. The third-order valence-electron chi connectivity index (χ3n) is 3.61. The van der Waals surface area contributed by atoms with Crippen LogP contribution in [-0.2, 0) is 0 Å². The van der Waals surface area contributed by atoms with Crippen LogP contribution in [-0.4, -0.2) is 7.11 Å². The molecule has 0 heterocycles. The standard InChI is InChI=1S/C17H26BrFO/c1-3-4-5-6-7-8-9-10-16(18)15-12-11-14(20-2)13-17(15)19/h11-13,16H,3-10H2,1-2H3. The van der Waals surface area contributed by atoms with E-state index in [1.165, 1.54) is 44.6 Å². The van der Waals surface area contributed by atoms with E-state index >= 15 is 0 Å². The zero-order chi connectivity index (χ0) is 14.8. The van der Waals surface area contributed by atoms with E-state index in [1.807, 2.05) is 12.1 Å². The summed E-state index contributed by atoms with van der Waals surface area (Å²) in [6.45, 7) is 2.23. The van der Waals surface area contributed by atoms with E-state index in [9.17, 15) is 4.39 Å². The van der Waals surface area contributed by atoms with Crippen LogP contribution in [0, 0.1) is 5.82 Å². The van der Waals surface area contributed by atoms with Crippen LogP contribution in [0.15, 0.2) is 18.2 Å². The molecule has 20 heavy (non-hydrogen) atoms. The van der Waals surface area contributed by atoms with E-state index in [0.717, 1.165) is 18.4 Å².